The lowest BCUT2D eigenvalue weighted by molar-refractivity contribution is 0.0945. The standard InChI is InChI=1S/C22H24FN3O/c1-15-8-7-9-17(12-15)22(3,4)14-24-21(27)18-13-25-26(16(18)2)20-11-6-5-10-19(20)23/h5-13H,14H2,1-4H3,(H,24,27). The lowest BCUT2D eigenvalue weighted by atomic mass is 9.84. The highest BCUT2D eigenvalue weighted by Gasteiger charge is 2.23. The van der Waals surface area contributed by atoms with Crippen molar-refractivity contribution in [3.63, 3.8) is 0 Å². The summed E-state index contributed by atoms with van der Waals surface area (Å²) in [6.07, 6.45) is 1.48. The summed E-state index contributed by atoms with van der Waals surface area (Å²) >= 11 is 0. The molecule has 0 aliphatic heterocycles. The number of carbonyl (C=O) groups excluding carboxylic acids is 1. The maximum absolute atomic E-state index is 14.0. The van der Waals surface area contributed by atoms with Gasteiger partial charge in [0.1, 0.15) is 11.5 Å². The first-order valence-corrected chi connectivity index (χ1v) is 8.94. The number of rotatable bonds is 5. The zero-order valence-electron chi connectivity index (χ0n) is 16.1. The molecule has 0 saturated carbocycles. The molecule has 1 heterocycles. The van der Waals surface area contributed by atoms with Crippen LogP contribution in [0.3, 0.4) is 0 Å². The number of nitrogens with one attached hydrogen (secondary N) is 1. The minimum Gasteiger partial charge on any atom is -0.351 e. The molecular formula is C22H24FN3O. The zero-order chi connectivity index (χ0) is 19.6. The number of amides is 1. The van der Waals surface area contributed by atoms with Gasteiger partial charge in [-0.2, -0.15) is 5.10 Å². The Kier molecular flexibility index (Phi) is 5.13. The molecule has 3 aromatic rings. The summed E-state index contributed by atoms with van der Waals surface area (Å²) < 4.78 is 15.5. The van der Waals surface area contributed by atoms with Gasteiger partial charge in [0.25, 0.3) is 5.91 Å². The minimum absolute atomic E-state index is 0.211. The van der Waals surface area contributed by atoms with Crippen molar-refractivity contribution in [3.05, 3.63) is 82.9 Å². The van der Waals surface area contributed by atoms with Crippen molar-refractivity contribution in [3.8, 4) is 5.69 Å². The third-order valence-corrected chi connectivity index (χ3v) is 4.83. The van der Waals surface area contributed by atoms with Gasteiger partial charge in [0.15, 0.2) is 0 Å². The molecule has 0 fully saturated rings. The molecule has 0 bridgehead atoms. The molecule has 2 aromatic carbocycles. The smallest absolute Gasteiger partial charge is 0.254 e. The molecule has 140 valence electrons. The highest BCUT2D eigenvalue weighted by atomic mass is 19.1. The summed E-state index contributed by atoms with van der Waals surface area (Å²) in [7, 11) is 0. The van der Waals surface area contributed by atoms with Gasteiger partial charge in [-0.25, -0.2) is 9.07 Å². The van der Waals surface area contributed by atoms with Gasteiger partial charge < -0.3 is 5.32 Å². The van der Waals surface area contributed by atoms with Crippen molar-refractivity contribution in [2.75, 3.05) is 6.54 Å². The Morgan fingerprint density at radius 1 is 1.15 bits per heavy atom. The average molecular weight is 365 g/mol. The summed E-state index contributed by atoms with van der Waals surface area (Å²) in [5.74, 6) is -0.591. The van der Waals surface area contributed by atoms with Crippen LogP contribution in [-0.4, -0.2) is 22.2 Å². The van der Waals surface area contributed by atoms with E-state index in [4.69, 9.17) is 0 Å². The largest absolute Gasteiger partial charge is 0.351 e. The first-order valence-electron chi connectivity index (χ1n) is 8.94. The number of carbonyl (C=O) groups is 1. The van der Waals surface area contributed by atoms with E-state index in [-0.39, 0.29) is 17.1 Å². The molecule has 0 atom stereocenters. The maximum atomic E-state index is 14.0. The highest BCUT2D eigenvalue weighted by molar-refractivity contribution is 5.95. The number of halogens is 1. The van der Waals surface area contributed by atoms with Crippen LogP contribution in [0, 0.1) is 19.7 Å². The van der Waals surface area contributed by atoms with Crippen molar-refractivity contribution >= 4 is 5.91 Å². The fourth-order valence-electron chi connectivity index (χ4n) is 3.06. The van der Waals surface area contributed by atoms with E-state index >= 15 is 0 Å². The third kappa shape index (κ3) is 3.92. The molecule has 27 heavy (non-hydrogen) atoms. The Bertz CT molecular complexity index is 975. The van der Waals surface area contributed by atoms with Crippen LogP contribution in [0.4, 0.5) is 4.39 Å². The lowest BCUT2D eigenvalue weighted by Gasteiger charge is -2.26. The second-order valence-corrected chi connectivity index (χ2v) is 7.44. The number of nitrogens with zero attached hydrogens (tertiary/aromatic N) is 2. The van der Waals surface area contributed by atoms with Crippen LogP contribution in [0.5, 0.6) is 0 Å². The summed E-state index contributed by atoms with van der Waals surface area (Å²) in [4.78, 5) is 12.7. The van der Waals surface area contributed by atoms with E-state index in [1.807, 2.05) is 6.07 Å². The van der Waals surface area contributed by atoms with Crippen molar-refractivity contribution in [2.45, 2.75) is 33.1 Å². The van der Waals surface area contributed by atoms with Gasteiger partial charge in [0, 0.05) is 12.0 Å². The first-order chi connectivity index (χ1) is 12.8. The topological polar surface area (TPSA) is 46.9 Å². The van der Waals surface area contributed by atoms with Gasteiger partial charge in [-0.3, -0.25) is 4.79 Å². The molecule has 1 aromatic heterocycles. The van der Waals surface area contributed by atoms with E-state index < -0.39 is 0 Å². The number of aryl methyl sites for hydroxylation is 1. The first kappa shape index (κ1) is 18.8. The molecular weight excluding hydrogens is 341 g/mol. The van der Waals surface area contributed by atoms with Gasteiger partial charge in [0.2, 0.25) is 0 Å². The molecule has 0 spiro atoms. The van der Waals surface area contributed by atoms with Crippen molar-refractivity contribution in [1.29, 1.82) is 0 Å². The van der Waals surface area contributed by atoms with Gasteiger partial charge in [-0.1, -0.05) is 55.8 Å². The van der Waals surface area contributed by atoms with Crippen LogP contribution in [0.25, 0.3) is 5.69 Å². The van der Waals surface area contributed by atoms with Crippen LogP contribution in [0.15, 0.2) is 54.7 Å². The van der Waals surface area contributed by atoms with E-state index in [1.165, 1.54) is 28.1 Å². The predicted molar refractivity (Wildman–Crippen MR) is 105 cm³/mol. The van der Waals surface area contributed by atoms with Crippen LogP contribution in [-0.2, 0) is 5.41 Å². The van der Waals surface area contributed by atoms with Gasteiger partial charge in [-0.05, 0) is 31.5 Å². The van der Waals surface area contributed by atoms with Crippen molar-refractivity contribution < 1.29 is 9.18 Å². The predicted octanol–water partition coefficient (Wildman–Crippen LogP) is 4.34. The second kappa shape index (κ2) is 7.35. The molecule has 5 heteroatoms. The SMILES string of the molecule is Cc1cccc(C(C)(C)CNC(=O)c2cnn(-c3ccccc3F)c2C)c1. The molecule has 0 unspecified atom stereocenters. The second-order valence-electron chi connectivity index (χ2n) is 7.44. The fraction of sp³-hybridized carbons (Fsp3) is 0.273. The monoisotopic (exact) mass is 365 g/mol. The molecule has 4 nitrogen and oxygen atoms in total. The molecule has 0 radical (unpaired) electrons. The summed E-state index contributed by atoms with van der Waals surface area (Å²) in [5.41, 5.74) is 3.52. The highest BCUT2D eigenvalue weighted by Crippen LogP contribution is 2.23. The Labute approximate surface area is 159 Å². The van der Waals surface area contributed by atoms with E-state index in [1.54, 1.807) is 25.1 Å². The quantitative estimate of drug-likeness (QED) is 0.731. The summed E-state index contributed by atoms with van der Waals surface area (Å²) in [6, 6.07) is 14.7. The molecule has 1 amide bonds. The van der Waals surface area contributed by atoms with Crippen LogP contribution >= 0.6 is 0 Å². The lowest BCUT2D eigenvalue weighted by Crippen LogP contribution is -2.36. The van der Waals surface area contributed by atoms with Gasteiger partial charge in [-0.15, -0.1) is 0 Å². The molecule has 0 saturated heterocycles. The van der Waals surface area contributed by atoms with E-state index in [0.717, 1.165) is 0 Å². The summed E-state index contributed by atoms with van der Waals surface area (Å²) in [6.45, 7) is 8.49. The number of para-hydroxylation sites is 1. The molecule has 1 N–H and O–H groups in total. The zero-order valence-corrected chi connectivity index (χ0v) is 16.1. The number of hydrogen-bond acceptors (Lipinski definition) is 2. The van der Waals surface area contributed by atoms with Crippen LogP contribution in [0.1, 0.15) is 41.0 Å². The average Bonchev–Trinajstić information content (AvgIpc) is 3.01. The fourth-order valence-corrected chi connectivity index (χ4v) is 3.06. The molecule has 0 aliphatic rings. The van der Waals surface area contributed by atoms with E-state index in [0.29, 0.717) is 23.5 Å². The third-order valence-electron chi connectivity index (χ3n) is 4.83. The van der Waals surface area contributed by atoms with Crippen LogP contribution in [0.2, 0.25) is 0 Å². The number of benzene rings is 2. The number of hydrogen-bond donors (Lipinski definition) is 1. The van der Waals surface area contributed by atoms with Crippen molar-refractivity contribution in [1.82, 2.24) is 15.1 Å². The minimum atomic E-state index is -0.378. The summed E-state index contributed by atoms with van der Waals surface area (Å²) in [5, 5.41) is 7.19. The van der Waals surface area contributed by atoms with Crippen LogP contribution < -0.4 is 5.32 Å². The Morgan fingerprint density at radius 2 is 1.89 bits per heavy atom. The van der Waals surface area contributed by atoms with Crippen molar-refractivity contribution in [2.24, 2.45) is 0 Å². The van der Waals surface area contributed by atoms with Gasteiger partial charge in [0.05, 0.1) is 17.5 Å². The Hall–Kier alpha value is -2.95. The normalized spacial score (nSPS) is 11.4. The van der Waals surface area contributed by atoms with Gasteiger partial charge >= 0.3 is 0 Å². The number of aromatic nitrogens is 2. The Morgan fingerprint density at radius 3 is 2.59 bits per heavy atom. The Balaban J connectivity index is 1.77. The van der Waals surface area contributed by atoms with E-state index in [9.17, 15) is 9.18 Å². The van der Waals surface area contributed by atoms with E-state index in [2.05, 4.69) is 49.4 Å². The molecule has 3 rings (SSSR count). The maximum Gasteiger partial charge on any atom is 0.254 e. The molecule has 0 aliphatic carbocycles.